The minimum Gasteiger partial charge on any atom is -0.308 e. The number of alkyl halides is 1. The molecule has 0 aromatic rings. The monoisotopic (exact) mass is 230 g/mol. The Morgan fingerprint density at radius 2 is 1.88 bits per heavy atom. The minimum atomic E-state index is -0.203. The van der Waals surface area contributed by atoms with E-state index in [1.807, 2.05) is 0 Å². The average Bonchev–Trinajstić information content (AvgIpc) is 2.28. The van der Waals surface area contributed by atoms with Gasteiger partial charge in [-0.1, -0.05) is 13.8 Å². The molecule has 0 spiro atoms. The molecule has 3 heteroatoms. The van der Waals surface area contributed by atoms with Crippen LogP contribution in [0.1, 0.15) is 47.0 Å². The highest BCUT2D eigenvalue weighted by Gasteiger charge is 2.40. The molecule has 1 heterocycles. The summed E-state index contributed by atoms with van der Waals surface area (Å²) in [5, 5.41) is 3.69. The highest BCUT2D eigenvalue weighted by atomic mass is 19.1. The molecule has 1 N–H and O–H groups in total. The van der Waals surface area contributed by atoms with Crippen molar-refractivity contribution < 1.29 is 4.39 Å². The molecule has 1 fully saturated rings. The molecule has 0 aromatic heterocycles. The molecule has 1 rings (SSSR count). The molecule has 0 aromatic carbocycles. The first-order valence-corrected chi connectivity index (χ1v) is 6.56. The highest BCUT2D eigenvalue weighted by molar-refractivity contribution is 5.00. The summed E-state index contributed by atoms with van der Waals surface area (Å²) in [6.07, 6.45) is 2.95. The molecule has 0 saturated carbocycles. The lowest BCUT2D eigenvalue weighted by Crippen LogP contribution is -2.67. The zero-order valence-electron chi connectivity index (χ0n) is 11.3. The molecule has 2 nitrogen and oxygen atoms in total. The molecule has 0 amide bonds. The highest BCUT2D eigenvalue weighted by Crippen LogP contribution is 2.28. The molecule has 0 bridgehead atoms. The van der Waals surface area contributed by atoms with E-state index < -0.39 is 0 Å². The maximum atomic E-state index is 12.3. The van der Waals surface area contributed by atoms with E-state index in [1.54, 1.807) is 0 Å². The number of halogens is 1. The second-order valence-corrected chi connectivity index (χ2v) is 5.62. The second-order valence-electron chi connectivity index (χ2n) is 5.62. The predicted molar refractivity (Wildman–Crippen MR) is 67.6 cm³/mol. The van der Waals surface area contributed by atoms with Crippen LogP contribution in [-0.2, 0) is 0 Å². The molecule has 1 aliphatic rings. The quantitative estimate of drug-likeness (QED) is 0.781. The molecule has 0 atom stereocenters. The Hall–Kier alpha value is -0.150. The van der Waals surface area contributed by atoms with Gasteiger partial charge in [-0.25, -0.2) is 0 Å². The van der Waals surface area contributed by atoms with E-state index >= 15 is 0 Å². The summed E-state index contributed by atoms with van der Waals surface area (Å²) in [6.45, 7) is 11.7. The Morgan fingerprint density at radius 3 is 2.38 bits per heavy atom. The first-order chi connectivity index (χ1) is 7.49. The van der Waals surface area contributed by atoms with Crippen molar-refractivity contribution in [2.45, 2.75) is 58.0 Å². The molecule has 0 aliphatic carbocycles. The van der Waals surface area contributed by atoms with Crippen LogP contribution in [-0.4, -0.2) is 42.3 Å². The van der Waals surface area contributed by atoms with Gasteiger partial charge in [0.15, 0.2) is 0 Å². The van der Waals surface area contributed by atoms with Crippen LogP contribution in [0.15, 0.2) is 0 Å². The normalized spacial score (nSPS) is 24.6. The summed E-state index contributed by atoms with van der Waals surface area (Å²) < 4.78 is 12.3. The van der Waals surface area contributed by atoms with Crippen LogP contribution >= 0.6 is 0 Å². The predicted octanol–water partition coefficient (Wildman–Crippen LogP) is 2.59. The lowest BCUT2D eigenvalue weighted by molar-refractivity contribution is 0.0207. The van der Waals surface area contributed by atoms with Gasteiger partial charge in [0, 0.05) is 30.7 Å². The molecule has 16 heavy (non-hydrogen) atoms. The van der Waals surface area contributed by atoms with Crippen molar-refractivity contribution in [1.29, 1.82) is 0 Å². The summed E-state index contributed by atoms with van der Waals surface area (Å²) in [4.78, 5) is 2.45. The third kappa shape index (κ3) is 2.95. The van der Waals surface area contributed by atoms with E-state index in [-0.39, 0.29) is 17.8 Å². The summed E-state index contributed by atoms with van der Waals surface area (Å²) in [7, 11) is 0. The van der Waals surface area contributed by atoms with Crippen LogP contribution in [0.4, 0.5) is 4.39 Å². The van der Waals surface area contributed by atoms with E-state index in [0.717, 1.165) is 32.5 Å². The van der Waals surface area contributed by atoms with Gasteiger partial charge in [-0.2, -0.15) is 0 Å². The fourth-order valence-corrected chi connectivity index (χ4v) is 2.51. The first kappa shape index (κ1) is 13.9. The molecule has 96 valence electrons. The van der Waals surface area contributed by atoms with Crippen molar-refractivity contribution >= 4 is 0 Å². The van der Waals surface area contributed by atoms with Gasteiger partial charge in [-0.15, -0.1) is 0 Å². The lowest BCUT2D eigenvalue weighted by Gasteiger charge is -2.52. The van der Waals surface area contributed by atoms with E-state index in [4.69, 9.17) is 0 Å². The maximum Gasteiger partial charge on any atom is 0.0906 e. The summed E-state index contributed by atoms with van der Waals surface area (Å²) in [6, 6.07) is 0. The van der Waals surface area contributed by atoms with Crippen LogP contribution in [0.5, 0.6) is 0 Å². The van der Waals surface area contributed by atoms with Crippen molar-refractivity contribution in [3.63, 3.8) is 0 Å². The first-order valence-electron chi connectivity index (χ1n) is 6.56. The van der Waals surface area contributed by atoms with E-state index in [2.05, 4.69) is 37.9 Å². The zero-order valence-corrected chi connectivity index (χ0v) is 11.3. The number of nitrogens with zero attached hydrogens (tertiary/aromatic N) is 1. The van der Waals surface area contributed by atoms with Crippen LogP contribution in [0, 0.1) is 0 Å². The minimum absolute atomic E-state index is 0.156. The van der Waals surface area contributed by atoms with Gasteiger partial charge in [0.2, 0.25) is 0 Å². The van der Waals surface area contributed by atoms with Crippen molar-refractivity contribution in [3.05, 3.63) is 0 Å². The molecule has 0 unspecified atom stereocenters. The topological polar surface area (TPSA) is 15.3 Å². The van der Waals surface area contributed by atoms with Gasteiger partial charge in [-0.3, -0.25) is 9.29 Å². The standard InChI is InChI=1S/C13H27FN2/c1-5-13(6-2)11-16(9-7-8-14)12(3,4)10-15-13/h15H,5-11H2,1-4H3. The summed E-state index contributed by atoms with van der Waals surface area (Å²) in [5.41, 5.74) is 0.398. The average molecular weight is 230 g/mol. The smallest absolute Gasteiger partial charge is 0.0906 e. The van der Waals surface area contributed by atoms with Gasteiger partial charge in [0.1, 0.15) is 0 Å². The zero-order chi connectivity index (χ0) is 12.2. The van der Waals surface area contributed by atoms with E-state index in [9.17, 15) is 4.39 Å². The van der Waals surface area contributed by atoms with Crippen molar-refractivity contribution in [3.8, 4) is 0 Å². The largest absolute Gasteiger partial charge is 0.308 e. The van der Waals surface area contributed by atoms with Gasteiger partial charge >= 0.3 is 0 Å². The Bertz CT molecular complexity index is 212. The SMILES string of the molecule is CCC1(CC)CN(CCCF)C(C)(C)CN1. The van der Waals surface area contributed by atoms with E-state index in [0.29, 0.717) is 6.42 Å². The van der Waals surface area contributed by atoms with Crippen molar-refractivity contribution in [2.24, 2.45) is 0 Å². The third-order valence-electron chi connectivity index (χ3n) is 4.16. The Kier molecular flexibility index (Phi) is 4.74. The Balaban J connectivity index is 2.68. The second kappa shape index (κ2) is 5.46. The number of nitrogens with one attached hydrogen (secondary N) is 1. The lowest BCUT2D eigenvalue weighted by atomic mass is 9.85. The fourth-order valence-electron chi connectivity index (χ4n) is 2.51. The third-order valence-corrected chi connectivity index (χ3v) is 4.16. The van der Waals surface area contributed by atoms with Gasteiger partial charge in [0.05, 0.1) is 6.67 Å². The Labute approximate surface area is 99.6 Å². The van der Waals surface area contributed by atoms with Gasteiger partial charge in [0.25, 0.3) is 0 Å². The fraction of sp³-hybridized carbons (Fsp3) is 1.00. The van der Waals surface area contributed by atoms with Crippen molar-refractivity contribution in [1.82, 2.24) is 10.2 Å². The van der Waals surface area contributed by atoms with Crippen LogP contribution in [0.25, 0.3) is 0 Å². The van der Waals surface area contributed by atoms with Crippen LogP contribution in [0.2, 0.25) is 0 Å². The molecule has 0 radical (unpaired) electrons. The Morgan fingerprint density at radius 1 is 1.25 bits per heavy atom. The van der Waals surface area contributed by atoms with Crippen molar-refractivity contribution in [2.75, 3.05) is 26.3 Å². The molecular weight excluding hydrogens is 203 g/mol. The summed E-state index contributed by atoms with van der Waals surface area (Å²) >= 11 is 0. The number of piperazine rings is 1. The maximum absolute atomic E-state index is 12.3. The molecular formula is C13H27FN2. The van der Waals surface area contributed by atoms with E-state index in [1.165, 1.54) is 0 Å². The van der Waals surface area contributed by atoms with Gasteiger partial charge in [-0.05, 0) is 33.1 Å². The molecule has 1 saturated heterocycles. The number of hydrogen-bond acceptors (Lipinski definition) is 2. The molecule has 1 aliphatic heterocycles. The van der Waals surface area contributed by atoms with Crippen LogP contribution in [0.3, 0.4) is 0 Å². The van der Waals surface area contributed by atoms with Crippen LogP contribution < -0.4 is 5.32 Å². The van der Waals surface area contributed by atoms with Gasteiger partial charge < -0.3 is 5.32 Å². The summed E-state index contributed by atoms with van der Waals surface area (Å²) in [5.74, 6) is 0. The number of rotatable bonds is 5. The number of hydrogen-bond donors (Lipinski definition) is 1.